The number of nitrogens with zero attached hydrogens (tertiary/aromatic N) is 2. The highest BCUT2D eigenvalue weighted by Crippen LogP contribution is 2.51. The summed E-state index contributed by atoms with van der Waals surface area (Å²) in [5.41, 5.74) is -1.22. The van der Waals surface area contributed by atoms with Gasteiger partial charge in [0.15, 0.2) is 0 Å². The van der Waals surface area contributed by atoms with Gasteiger partial charge in [-0.1, -0.05) is 12.1 Å². The van der Waals surface area contributed by atoms with Crippen molar-refractivity contribution in [3.05, 3.63) is 24.3 Å². The van der Waals surface area contributed by atoms with Gasteiger partial charge in [0.2, 0.25) is 5.95 Å². The summed E-state index contributed by atoms with van der Waals surface area (Å²) in [5.74, 6) is 0.558. The van der Waals surface area contributed by atoms with E-state index in [0.717, 1.165) is 0 Å². The maximum absolute atomic E-state index is 13.1. The van der Waals surface area contributed by atoms with Crippen LogP contribution in [0.3, 0.4) is 0 Å². The Morgan fingerprint density at radius 1 is 1.19 bits per heavy atom. The summed E-state index contributed by atoms with van der Waals surface area (Å²) < 4.78 is 39.3. The predicted molar refractivity (Wildman–Crippen MR) is 75.3 cm³/mol. The lowest BCUT2D eigenvalue weighted by Crippen LogP contribution is -2.39. The fraction of sp³-hybridized carbons (Fsp3) is 0.429. The molecule has 1 saturated carbocycles. The number of para-hydroxylation sites is 1. The van der Waals surface area contributed by atoms with Crippen molar-refractivity contribution in [2.75, 3.05) is 17.2 Å². The predicted octanol–water partition coefficient (Wildman–Crippen LogP) is 3.57. The summed E-state index contributed by atoms with van der Waals surface area (Å²) >= 11 is 0. The van der Waals surface area contributed by atoms with E-state index in [1.807, 2.05) is 6.92 Å². The number of hydrogen-bond donors (Lipinski definition) is 2. The van der Waals surface area contributed by atoms with Gasteiger partial charge in [-0.05, 0) is 31.9 Å². The second kappa shape index (κ2) is 4.75. The Labute approximate surface area is 119 Å². The Kier molecular flexibility index (Phi) is 3.15. The number of aromatic nitrogens is 2. The molecular weight excluding hydrogens is 281 g/mol. The molecule has 4 nitrogen and oxygen atoms in total. The quantitative estimate of drug-likeness (QED) is 0.905. The van der Waals surface area contributed by atoms with Gasteiger partial charge in [-0.3, -0.25) is 0 Å². The molecule has 2 aromatic rings. The first-order chi connectivity index (χ1) is 9.95. The average molecular weight is 296 g/mol. The van der Waals surface area contributed by atoms with Gasteiger partial charge in [-0.15, -0.1) is 0 Å². The minimum Gasteiger partial charge on any atom is -0.356 e. The molecule has 0 atom stereocenters. The Morgan fingerprint density at radius 3 is 2.52 bits per heavy atom. The average Bonchev–Trinajstić information content (AvgIpc) is 3.20. The number of hydrogen-bond acceptors (Lipinski definition) is 4. The lowest BCUT2D eigenvalue weighted by Gasteiger charge is -2.22. The molecule has 112 valence electrons. The fourth-order valence-electron chi connectivity index (χ4n) is 2.24. The summed E-state index contributed by atoms with van der Waals surface area (Å²) in [6.07, 6.45) is -4.13. The molecule has 1 heterocycles. The standard InChI is InChI=1S/C14H15F3N4/c1-2-18-12-19-10-6-4-3-5-9(10)11(20-12)21-13(7-8-13)14(15,16)17/h3-6H,2,7-8H2,1H3,(H2,18,19,20,21). The highest BCUT2D eigenvalue weighted by atomic mass is 19.4. The lowest BCUT2D eigenvalue weighted by atomic mass is 10.2. The van der Waals surface area contributed by atoms with E-state index in [2.05, 4.69) is 20.6 Å². The van der Waals surface area contributed by atoms with E-state index < -0.39 is 11.7 Å². The zero-order valence-electron chi connectivity index (χ0n) is 11.5. The first kappa shape index (κ1) is 13.9. The summed E-state index contributed by atoms with van der Waals surface area (Å²) in [7, 11) is 0. The van der Waals surface area contributed by atoms with Gasteiger partial charge < -0.3 is 10.6 Å². The van der Waals surface area contributed by atoms with E-state index in [9.17, 15) is 13.2 Å². The Morgan fingerprint density at radius 2 is 1.90 bits per heavy atom. The van der Waals surface area contributed by atoms with Crippen molar-refractivity contribution in [2.24, 2.45) is 0 Å². The van der Waals surface area contributed by atoms with Crippen LogP contribution < -0.4 is 10.6 Å². The van der Waals surface area contributed by atoms with Crippen molar-refractivity contribution in [3.8, 4) is 0 Å². The number of benzene rings is 1. The van der Waals surface area contributed by atoms with Gasteiger partial charge in [0, 0.05) is 11.9 Å². The minimum absolute atomic E-state index is 0.0748. The van der Waals surface area contributed by atoms with Crippen LogP contribution in [0, 0.1) is 0 Å². The third-order valence-electron chi connectivity index (χ3n) is 3.59. The lowest BCUT2D eigenvalue weighted by molar-refractivity contribution is -0.151. The van der Waals surface area contributed by atoms with Crippen molar-refractivity contribution in [1.29, 1.82) is 0 Å². The molecule has 1 aliphatic rings. The zero-order valence-corrected chi connectivity index (χ0v) is 11.5. The van der Waals surface area contributed by atoms with Crippen LogP contribution in [0.5, 0.6) is 0 Å². The molecular formula is C14H15F3N4. The number of anilines is 2. The van der Waals surface area contributed by atoms with Crippen LogP contribution in [0.4, 0.5) is 24.9 Å². The molecule has 0 aliphatic heterocycles. The molecule has 1 aliphatic carbocycles. The van der Waals surface area contributed by atoms with Gasteiger partial charge in [0.1, 0.15) is 11.4 Å². The van der Waals surface area contributed by atoms with Crippen molar-refractivity contribution < 1.29 is 13.2 Å². The third-order valence-corrected chi connectivity index (χ3v) is 3.59. The van der Waals surface area contributed by atoms with Gasteiger partial charge in [-0.25, -0.2) is 4.98 Å². The zero-order chi connectivity index (χ0) is 15.1. The van der Waals surface area contributed by atoms with E-state index in [-0.39, 0.29) is 18.7 Å². The maximum Gasteiger partial charge on any atom is 0.411 e. The van der Waals surface area contributed by atoms with E-state index in [1.165, 1.54) is 0 Å². The number of fused-ring (bicyclic) bond motifs is 1. The van der Waals surface area contributed by atoms with Gasteiger partial charge in [-0.2, -0.15) is 18.2 Å². The second-order valence-corrected chi connectivity index (χ2v) is 5.15. The van der Waals surface area contributed by atoms with Crippen molar-refractivity contribution in [1.82, 2.24) is 9.97 Å². The van der Waals surface area contributed by atoms with Gasteiger partial charge in [0.25, 0.3) is 0 Å². The van der Waals surface area contributed by atoms with Crippen LogP contribution in [-0.4, -0.2) is 28.2 Å². The summed E-state index contributed by atoms with van der Waals surface area (Å²) in [6, 6.07) is 7.04. The van der Waals surface area contributed by atoms with E-state index in [1.54, 1.807) is 24.3 Å². The minimum atomic E-state index is -4.28. The smallest absolute Gasteiger partial charge is 0.356 e. The van der Waals surface area contributed by atoms with Crippen LogP contribution in [0.1, 0.15) is 19.8 Å². The van der Waals surface area contributed by atoms with Gasteiger partial charge >= 0.3 is 6.18 Å². The largest absolute Gasteiger partial charge is 0.411 e. The Balaban J connectivity index is 2.04. The molecule has 21 heavy (non-hydrogen) atoms. The maximum atomic E-state index is 13.1. The number of nitrogens with one attached hydrogen (secondary N) is 2. The topological polar surface area (TPSA) is 49.8 Å². The number of halogens is 3. The second-order valence-electron chi connectivity index (χ2n) is 5.15. The highest BCUT2D eigenvalue weighted by Gasteiger charge is 2.63. The first-order valence-corrected chi connectivity index (χ1v) is 6.81. The molecule has 0 radical (unpaired) electrons. The molecule has 0 bridgehead atoms. The molecule has 0 spiro atoms. The van der Waals surface area contributed by atoms with Crippen molar-refractivity contribution in [3.63, 3.8) is 0 Å². The van der Waals surface area contributed by atoms with Crippen LogP contribution >= 0.6 is 0 Å². The number of alkyl halides is 3. The monoisotopic (exact) mass is 296 g/mol. The molecule has 1 fully saturated rings. The molecule has 2 N–H and O–H groups in total. The summed E-state index contributed by atoms with van der Waals surface area (Å²) in [6.45, 7) is 2.48. The van der Waals surface area contributed by atoms with E-state index >= 15 is 0 Å². The van der Waals surface area contributed by atoms with E-state index in [0.29, 0.717) is 23.4 Å². The summed E-state index contributed by atoms with van der Waals surface area (Å²) in [4.78, 5) is 8.49. The van der Waals surface area contributed by atoms with Crippen LogP contribution in [-0.2, 0) is 0 Å². The van der Waals surface area contributed by atoms with Crippen molar-refractivity contribution in [2.45, 2.75) is 31.5 Å². The molecule has 0 saturated heterocycles. The molecule has 7 heteroatoms. The Bertz CT molecular complexity index is 665. The van der Waals surface area contributed by atoms with Crippen LogP contribution in [0.2, 0.25) is 0 Å². The highest BCUT2D eigenvalue weighted by molar-refractivity contribution is 5.90. The molecule has 1 aromatic carbocycles. The van der Waals surface area contributed by atoms with Crippen LogP contribution in [0.25, 0.3) is 10.9 Å². The normalized spacial score (nSPS) is 16.8. The summed E-state index contributed by atoms with van der Waals surface area (Å²) in [5, 5.41) is 6.13. The first-order valence-electron chi connectivity index (χ1n) is 6.81. The third kappa shape index (κ3) is 2.48. The van der Waals surface area contributed by atoms with Crippen molar-refractivity contribution >= 4 is 22.7 Å². The molecule has 0 unspecified atom stereocenters. The van der Waals surface area contributed by atoms with Crippen LogP contribution in [0.15, 0.2) is 24.3 Å². The Hall–Kier alpha value is -2.05. The molecule has 0 amide bonds. The number of rotatable bonds is 4. The molecule has 3 rings (SSSR count). The SMILES string of the molecule is CCNc1nc(NC2(C(F)(F)F)CC2)c2ccccc2n1. The fourth-order valence-corrected chi connectivity index (χ4v) is 2.24. The van der Waals surface area contributed by atoms with E-state index in [4.69, 9.17) is 0 Å². The molecule has 1 aromatic heterocycles. The van der Waals surface area contributed by atoms with Gasteiger partial charge in [0.05, 0.1) is 5.52 Å².